The average molecular weight is 356 g/mol. The number of aromatic nitrogens is 4. The largest absolute Gasteiger partial charge is 0.378 e. The number of rotatable bonds is 1. The van der Waals surface area contributed by atoms with Gasteiger partial charge < -0.3 is 18.4 Å². The van der Waals surface area contributed by atoms with E-state index in [4.69, 9.17) is 16.3 Å². The first-order valence-electron chi connectivity index (χ1n) is 8.13. The van der Waals surface area contributed by atoms with E-state index in [1.165, 1.54) is 5.69 Å². The number of anilines is 1. The SMILES string of the molecule is Clc1ccn2ccnc2c1.c1cn2ccc(N3CCOCC3)cc2n1. The highest BCUT2D eigenvalue weighted by Gasteiger charge is 2.11. The molecule has 128 valence electrons. The molecule has 0 bridgehead atoms. The van der Waals surface area contributed by atoms with Crippen molar-refractivity contribution in [2.45, 2.75) is 0 Å². The van der Waals surface area contributed by atoms with Gasteiger partial charge in [0, 0.05) is 67.0 Å². The van der Waals surface area contributed by atoms with E-state index >= 15 is 0 Å². The molecule has 6 nitrogen and oxygen atoms in total. The molecule has 0 radical (unpaired) electrons. The van der Waals surface area contributed by atoms with Crippen LogP contribution in [0.5, 0.6) is 0 Å². The summed E-state index contributed by atoms with van der Waals surface area (Å²) in [6.07, 6.45) is 11.3. The molecule has 1 fully saturated rings. The van der Waals surface area contributed by atoms with Gasteiger partial charge in [-0.2, -0.15) is 0 Å². The molecular weight excluding hydrogens is 338 g/mol. The number of pyridine rings is 2. The fraction of sp³-hybridized carbons (Fsp3) is 0.222. The Hall–Kier alpha value is -2.57. The second-order valence-electron chi connectivity index (χ2n) is 5.71. The lowest BCUT2D eigenvalue weighted by Gasteiger charge is -2.28. The molecule has 7 heteroatoms. The fourth-order valence-corrected chi connectivity index (χ4v) is 2.96. The van der Waals surface area contributed by atoms with Gasteiger partial charge >= 0.3 is 0 Å². The van der Waals surface area contributed by atoms with Crippen LogP contribution in [-0.2, 0) is 4.74 Å². The van der Waals surface area contributed by atoms with Crippen LogP contribution in [0.1, 0.15) is 0 Å². The second kappa shape index (κ2) is 7.13. The van der Waals surface area contributed by atoms with Crippen molar-refractivity contribution in [1.29, 1.82) is 0 Å². The van der Waals surface area contributed by atoms with E-state index in [0.29, 0.717) is 0 Å². The minimum Gasteiger partial charge on any atom is -0.378 e. The van der Waals surface area contributed by atoms with Crippen LogP contribution in [0.3, 0.4) is 0 Å². The smallest absolute Gasteiger partial charge is 0.138 e. The number of imidazole rings is 2. The molecular formula is C18H18ClN5O. The maximum atomic E-state index is 5.72. The number of ether oxygens (including phenoxy) is 1. The predicted molar refractivity (Wildman–Crippen MR) is 98.4 cm³/mol. The van der Waals surface area contributed by atoms with Gasteiger partial charge in [0.15, 0.2) is 0 Å². The number of hydrogen-bond donors (Lipinski definition) is 0. The van der Waals surface area contributed by atoms with Gasteiger partial charge in [-0.05, 0) is 18.2 Å². The second-order valence-corrected chi connectivity index (χ2v) is 6.15. The van der Waals surface area contributed by atoms with E-state index in [1.807, 2.05) is 51.9 Å². The highest BCUT2D eigenvalue weighted by molar-refractivity contribution is 6.30. The third-order valence-corrected chi connectivity index (χ3v) is 4.35. The van der Waals surface area contributed by atoms with E-state index in [9.17, 15) is 0 Å². The minimum atomic E-state index is 0.721. The summed E-state index contributed by atoms with van der Waals surface area (Å²) < 4.78 is 9.26. The third-order valence-electron chi connectivity index (χ3n) is 4.12. The molecule has 0 N–H and O–H groups in total. The highest BCUT2D eigenvalue weighted by atomic mass is 35.5. The summed E-state index contributed by atoms with van der Waals surface area (Å²) >= 11 is 5.72. The van der Waals surface area contributed by atoms with Crippen molar-refractivity contribution in [3.05, 3.63) is 66.5 Å². The summed E-state index contributed by atoms with van der Waals surface area (Å²) in [7, 11) is 0. The van der Waals surface area contributed by atoms with Crippen LogP contribution in [-0.4, -0.2) is 45.1 Å². The zero-order valence-electron chi connectivity index (χ0n) is 13.6. The average Bonchev–Trinajstić information content (AvgIpc) is 3.31. The zero-order chi connectivity index (χ0) is 17.1. The Bertz CT molecular complexity index is 974. The number of halogens is 1. The van der Waals surface area contributed by atoms with Gasteiger partial charge in [0.25, 0.3) is 0 Å². The molecule has 25 heavy (non-hydrogen) atoms. The van der Waals surface area contributed by atoms with E-state index in [-0.39, 0.29) is 0 Å². The molecule has 0 spiro atoms. The van der Waals surface area contributed by atoms with Gasteiger partial charge in [0.1, 0.15) is 11.3 Å². The first-order chi connectivity index (χ1) is 12.3. The third kappa shape index (κ3) is 3.60. The molecule has 5 rings (SSSR count). The number of fused-ring (bicyclic) bond motifs is 2. The Morgan fingerprint density at radius 2 is 1.48 bits per heavy atom. The Morgan fingerprint density at radius 1 is 0.840 bits per heavy atom. The van der Waals surface area contributed by atoms with Crippen LogP contribution in [0, 0.1) is 0 Å². The topological polar surface area (TPSA) is 47.1 Å². The molecule has 1 aliphatic heterocycles. The molecule has 0 saturated carbocycles. The molecule has 0 unspecified atom stereocenters. The summed E-state index contributed by atoms with van der Waals surface area (Å²) in [6.45, 7) is 3.58. The van der Waals surface area contributed by atoms with Gasteiger partial charge in [0.05, 0.1) is 13.2 Å². The monoisotopic (exact) mass is 355 g/mol. The molecule has 5 heterocycles. The summed E-state index contributed by atoms with van der Waals surface area (Å²) in [6, 6.07) is 7.89. The van der Waals surface area contributed by atoms with Crippen molar-refractivity contribution in [2.24, 2.45) is 0 Å². The van der Waals surface area contributed by atoms with Gasteiger partial charge in [-0.1, -0.05) is 11.6 Å². The Balaban J connectivity index is 0.000000136. The van der Waals surface area contributed by atoms with E-state index in [0.717, 1.165) is 42.6 Å². The minimum absolute atomic E-state index is 0.721. The Morgan fingerprint density at radius 3 is 2.20 bits per heavy atom. The van der Waals surface area contributed by atoms with Gasteiger partial charge in [-0.25, -0.2) is 9.97 Å². The first-order valence-corrected chi connectivity index (χ1v) is 8.51. The van der Waals surface area contributed by atoms with Crippen LogP contribution in [0.2, 0.25) is 5.02 Å². The van der Waals surface area contributed by atoms with Gasteiger partial charge in [0.2, 0.25) is 0 Å². The standard InChI is InChI=1S/C11H13N3O.C7H5ClN2/c1-3-14-4-2-12-11(14)9-10(1)13-5-7-15-8-6-13;8-6-1-3-10-4-2-9-7(10)5-6/h1-4,9H,5-8H2;1-5H. The van der Waals surface area contributed by atoms with Crippen molar-refractivity contribution < 1.29 is 4.74 Å². The van der Waals surface area contributed by atoms with Gasteiger partial charge in [-0.3, -0.25) is 0 Å². The maximum absolute atomic E-state index is 5.72. The number of nitrogens with zero attached hydrogens (tertiary/aromatic N) is 5. The lowest BCUT2D eigenvalue weighted by Crippen LogP contribution is -2.36. The van der Waals surface area contributed by atoms with E-state index in [1.54, 1.807) is 6.20 Å². The fourth-order valence-electron chi connectivity index (χ4n) is 2.80. The van der Waals surface area contributed by atoms with Crippen LogP contribution < -0.4 is 4.90 Å². The molecule has 1 aliphatic rings. The molecule has 4 aromatic heterocycles. The number of hydrogen-bond acceptors (Lipinski definition) is 4. The lowest BCUT2D eigenvalue weighted by atomic mass is 10.3. The normalized spacial score (nSPS) is 14.5. The zero-order valence-corrected chi connectivity index (χ0v) is 14.4. The summed E-state index contributed by atoms with van der Waals surface area (Å²) in [4.78, 5) is 10.7. The van der Waals surface area contributed by atoms with Crippen molar-refractivity contribution in [3.63, 3.8) is 0 Å². The number of morpholine rings is 1. The molecule has 0 aliphatic carbocycles. The maximum Gasteiger partial charge on any atom is 0.138 e. The summed E-state index contributed by atoms with van der Waals surface area (Å²) in [5, 5.41) is 0.721. The molecule has 0 atom stereocenters. The molecule has 0 amide bonds. The Labute approximate surface area is 150 Å². The van der Waals surface area contributed by atoms with E-state index in [2.05, 4.69) is 27.0 Å². The van der Waals surface area contributed by atoms with E-state index < -0.39 is 0 Å². The van der Waals surface area contributed by atoms with Crippen LogP contribution in [0.25, 0.3) is 11.3 Å². The lowest BCUT2D eigenvalue weighted by molar-refractivity contribution is 0.122. The Kier molecular flexibility index (Phi) is 4.54. The van der Waals surface area contributed by atoms with Crippen molar-refractivity contribution in [3.8, 4) is 0 Å². The van der Waals surface area contributed by atoms with Crippen LogP contribution in [0.4, 0.5) is 5.69 Å². The molecule has 1 saturated heterocycles. The van der Waals surface area contributed by atoms with Crippen LogP contribution in [0.15, 0.2) is 61.4 Å². The molecule has 4 aromatic rings. The van der Waals surface area contributed by atoms with Crippen LogP contribution >= 0.6 is 11.6 Å². The van der Waals surface area contributed by atoms with Gasteiger partial charge in [-0.15, -0.1) is 0 Å². The quantitative estimate of drug-likeness (QED) is 0.526. The molecule has 0 aromatic carbocycles. The van der Waals surface area contributed by atoms with Crippen molar-refractivity contribution in [2.75, 3.05) is 31.2 Å². The summed E-state index contributed by atoms with van der Waals surface area (Å²) in [5.74, 6) is 0. The van der Waals surface area contributed by atoms with Crippen molar-refractivity contribution in [1.82, 2.24) is 18.8 Å². The van der Waals surface area contributed by atoms with Crippen molar-refractivity contribution >= 4 is 28.6 Å². The predicted octanol–water partition coefficient (Wildman–Crippen LogP) is 3.16. The first kappa shape index (κ1) is 15.9. The summed E-state index contributed by atoms with van der Waals surface area (Å²) in [5.41, 5.74) is 3.11. The highest BCUT2D eigenvalue weighted by Crippen LogP contribution is 2.17.